The van der Waals surface area contributed by atoms with Crippen molar-refractivity contribution in [1.82, 2.24) is 0 Å². The van der Waals surface area contributed by atoms with Crippen molar-refractivity contribution in [2.45, 2.75) is 62.4 Å². The van der Waals surface area contributed by atoms with Crippen LogP contribution in [-0.4, -0.2) is 55.8 Å². The molecule has 0 radical (unpaired) electrons. The third kappa shape index (κ3) is 1.43. The zero-order chi connectivity index (χ0) is 18.9. The molecule has 5 rings (SSSR count). The summed E-state index contributed by atoms with van der Waals surface area (Å²) in [4.78, 5) is 25.2. The van der Waals surface area contributed by atoms with E-state index in [1.807, 2.05) is 0 Å². The Labute approximate surface area is 150 Å². The Bertz CT molecular complexity index is 763. The fourth-order valence-electron chi connectivity index (χ4n) is 7.80. The third-order valence-electron chi connectivity index (χ3n) is 8.48. The predicted molar refractivity (Wildman–Crippen MR) is 86.7 cm³/mol. The van der Waals surface area contributed by atoms with E-state index in [0.29, 0.717) is 12.8 Å². The lowest BCUT2D eigenvalue weighted by atomic mass is 9.59. The molecule has 1 spiro atoms. The maximum atomic E-state index is 12.7. The van der Waals surface area contributed by atoms with Crippen LogP contribution in [0.25, 0.3) is 0 Å². The maximum absolute atomic E-state index is 12.7. The minimum absolute atomic E-state index is 0.115. The quantitative estimate of drug-likeness (QED) is 0.388. The van der Waals surface area contributed by atoms with Crippen LogP contribution in [0.15, 0.2) is 12.2 Å². The Morgan fingerprint density at radius 3 is 2.65 bits per heavy atom. The van der Waals surface area contributed by atoms with Gasteiger partial charge in [0.1, 0.15) is 5.60 Å². The lowest BCUT2D eigenvalue weighted by Crippen LogP contribution is -2.51. The topological polar surface area (TPSA) is 124 Å². The highest BCUT2D eigenvalue weighted by Crippen LogP contribution is 2.78. The van der Waals surface area contributed by atoms with Gasteiger partial charge in [-0.25, -0.2) is 0 Å². The summed E-state index contributed by atoms with van der Waals surface area (Å²) in [6.45, 7) is 5.55. The summed E-state index contributed by atoms with van der Waals surface area (Å²) in [5.74, 6) is -3.61. The van der Waals surface area contributed by atoms with Gasteiger partial charge in [0.15, 0.2) is 0 Å². The van der Waals surface area contributed by atoms with Gasteiger partial charge in [-0.2, -0.15) is 0 Å². The second-order valence-electron chi connectivity index (χ2n) is 9.46. The average Bonchev–Trinajstić information content (AvgIpc) is 2.92. The second kappa shape index (κ2) is 4.34. The molecular weight excluding hydrogens is 340 g/mol. The van der Waals surface area contributed by atoms with Crippen molar-refractivity contribution in [3.63, 3.8) is 0 Å². The molecule has 0 aromatic heterocycles. The highest BCUT2D eigenvalue weighted by molar-refractivity contribution is 5.85. The van der Waals surface area contributed by atoms with Gasteiger partial charge in [0.2, 0.25) is 0 Å². The van der Waals surface area contributed by atoms with Crippen LogP contribution in [0.4, 0.5) is 0 Å². The van der Waals surface area contributed by atoms with Crippen molar-refractivity contribution in [1.29, 1.82) is 0 Å². The zero-order valence-electron chi connectivity index (χ0n) is 14.6. The first-order chi connectivity index (χ1) is 12.0. The van der Waals surface area contributed by atoms with E-state index >= 15 is 0 Å². The second-order valence-corrected chi connectivity index (χ2v) is 9.46. The molecule has 142 valence electrons. The number of hydrogen-bond donors (Lipinski definition) is 4. The molecule has 4 N–H and O–H groups in total. The summed E-state index contributed by atoms with van der Waals surface area (Å²) >= 11 is 0. The third-order valence-corrected chi connectivity index (χ3v) is 8.48. The molecule has 4 saturated carbocycles. The van der Waals surface area contributed by atoms with E-state index < -0.39 is 63.9 Å². The molecule has 26 heavy (non-hydrogen) atoms. The first kappa shape index (κ1) is 16.7. The molecule has 5 aliphatic rings. The Morgan fingerprint density at radius 2 is 2.00 bits per heavy atom. The number of carboxylic acids is 1. The van der Waals surface area contributed by atoms with Gasteiger partial charge in [-0.05, 0) is 38.2 Å². The van der Waals surface area contributed by atoms with Gasteiger partial charge < -0.3 is 25.2 Å². The lowest BCUT2D eigenvalue weighted by Gasteiger charge is -2.46. The number of hydrogen-bond acceptors (Lipinski definition) is 6. The van der Waals surface area contributed by atoms with Gasteiger partial charge >= 0.3 is 11.9 Å². The molecule has 9 atom stereocenters. The summed E-state index contributed by atoms with van der Waals surface area (Å²) in [6, 6.07) is 0. The Hall–Kier alpha value is -1.44. The van der Waals surface area contributed by atoms with Crippen molar-refractivity contribution in [2.24, 2.45) is 28.6 Å². The number of aliphatic carboxylic acids is 1. The van der Waals surface area contributed by atoms with E-state index in [9.17, 15) is 30.0 Å². The van der Waals surface area contributed by atoms with Crippen molar-refractivity contribution in [3.05, 3.63) is 12.2 Å². The van der Waals surface area contributed by atoms with Crippen molar-refractivity contribution < 1.29 is 34.8 Å². The van der Waals surface area contributed by atoms with Crippen LogP contribution < -0.4 is 0 Å². The van der Waals surface area contributed by atoms with Crippen molar-refractivity contribution in [2.75, 3.05) is 0 Å². The number of fused-ring (bicyclic) bond motifs is 1. The molecule has 9 unspecified atom stereocenters. The van der Waals surface area contributed by atoms with Gasteiger partial charge in [-0.15, -0.1) is 0 Å². The summed E-state index contributed by atoms with van der Waals surface area (Å²) in [6.07, 6.45) is -0.678. The monoisotopic (exact) mass is 364 g/mol. The van der Waals surface area contributed by atoms with Gasteiger partial charge in [0.05, 0.1) is 29.1 Å². The number of aliphatic hydroxyl groups is 3. The smallest absolute Gasteiger partial charge is 0.312 e. The molecule has 7 nitrogen and oxygen atoms in total. The van der Waals surface area contributed by atoms with E-state index in [1.54, 1.807) is 6.92 Å². The van der Waals surface area contributed by atoms with Crippen LogP contribution in [0.1, 0.15) is 39.0 Å². The van der Waals surface area contributed by atoms with Crippen LogP contribution in [0.2, 0.25) is 0 Å². The molecule has 1 heterocycles. The van der Waals surface area contributed by atoms with Crippen LogP contribution in [0.5, 0.6) is 0 Å². The van der Waals surface area contributed by atoms with E-state index in [1.165, 1.54) is 0 Å². The summed E-state index contributed by atoms with van der Waals surface area (Å²) < 4.78 is 5.90. The molecule has 1 saturated heterocycles. The number of rotatable bonds is 1. The molecule has 7 heteroatoms. The number of aliphatic hydroxyl groups excluding tert-OH is 2. The van der Waals surface area contributed by atoms with Crippen molar-refractivity contribution in [3.8, 4) is 0 Å². The first-order valence-corrected chi connectivity index (χ1v) is 9.27. The molecule has 0 aromatic carbocycles. The minimum atomic E-state index is -1.28. The molecule has 4 bridgehead atoms. The lowest BCUT2D eigenvalue weighted by molar-refractivity contribution is -0.167. The maximum Gasteiger partial charge on any atom is 0.312 e. The van der Waals surface area contributed by atoms with Crippen LogP contribution in [0.3, 0.4) is 0 Å². The summed E-state index contributed by atoms with van der Waals surface area (Å²) in [7, 11) is 0. The van der Waals surface area contributed by atoms with Gasteiger partial charge in [0, 0.05) is 23.7 Å². The number of carbonyl (C=O) groups excluding carboxylic acids is 1. The number of carbonyl (C=O) groups is 2. The van der Waals surface area contributed by atoms with Crippen LogP contribution >= 0.6 is 0 Å². The van der Waals surface area contributed by atoms with Crippen LogP contribution in [0, 0.1) is 28.6 Å². The largest absolute Gasteiger partial charge is 0.481 e. The SMILES string of the molecule is C=C1C(O)C23CC1(O)CCC2C12CC(O)CC(C)(C(=O)O1)C2C3C(=O)O. The first-order valence-electron chi connectivity index (χ1n) is 9.27. The normalized spacial score (nSPS) is 59.8. The molecular formula is C19H24O7. The molecule has 0 aromatic rings. The average molecular weight is 364 g/mol. The fourth-order valence-corrected chi connectivity index (χ4v) is 7.80. The highest BCUT2D eigenvalue weighted by atomic mass is 16.6. The van der Waals surface area contributed by atoms with E-state index in [4.69, 9.17) is 4.74 Å². The van der Waals surface area contributed by atoms with E-state index in [0.717, 1.165) is 0 Å². The number of ether oxygens (including phenoxy) is 1. The van der Waals surface area contributed by atoms with E-state index in [2.05, 4.69) is 6.58 Å². The van der Waals surface area contributed by atoms with E-state index in [-0.39, 0.29) is 24.8 Å². The van der Waals surface area contributed by atoms with Gasteiger partial charge in [-0.1, -0.05) is 6.58 Å². The standard InChI is InChI=1S/C19H24O7/c1-8-13(21)18-7-17(8,25)4-3-10(18)19-6-9(20)5-16(2,15(24)26-19)12(19)11(18)14(22)23/h9-13,20-21,25H,1,3-7H2,2H3,(H,22,23). The highest BCUT2D eigenvalue weighted by Gasteiger charge is 2.85. The Morgan fingerprint density at radius 1 is 1.31 bits per heavy atom. The summed E-state index contributed by atoms with van der Waals surface area (Å²) in [5, 5.41) is 42.7. The fraction of sp³-hybridized carbons (Fsp3) is 0.789. The Balaban J connectivity index is 1.78. The minimum Gasteiger partial charge on any atom is -0.481 e. The molecule has 4 aliphatic carbocycles. The van der Waals surface area contributed by atoms with Gasteiger partial charge in [-0.3, -0.25) is 9.59 Å². The number of carboxylic acid groups (broad SMARTS) is 1. The van der Waals surface area contributed by atoms with Crippen LogP contribution in [-0.2, 0) is 14.3 Å². The number of esters is 1. The summed E-state index contributed by atoms with van der Waals surface area (Å²) in [5.41, 5.74) is -4.33. The van der Waals surface area contributed by atoms with Gasteiger partial charge in [0.25, 0.3) is 0 Å². The predicted octanol–water partition coefficient (Wildman–Crippen LogP) is 0.222. The molecule has 5 fully saturated rings. The molecule has 0 amide bonds. The van der Waals surface area contributed by atoms with Crippen molar-refractivity contribution >= 4 is 11.9 Å². The Kier molecular flexibility index (Phi) is 2.79. The molecule has 1 aliphatic heterocycles. The zero-order valence-corrected chi connectivity index (χ0v) is 14.6.